The van der Waals surface area contributed by atoms with Gasteiger partial charge >= 0.3 is 0 Å². The SMILES string of the molecule is CCn1ccc(/C=C2\C[C@@H]3[C@H]4CC[C@H]5CCCC[C@]5(C)[C@@H]4CC[C@]3(C)C2=O)n1. The zero-order valence-electron chi connectivity index (χ0n) is 17.9. The lowest BCUT2D eigenvalue weighted by atomic mass is 9.45. The molecule has 0 aliphatic heterocycles. The van der Waals surface area contributed by atoms with E-state index in [1.165, 1.54) is 44.9 Å². The summed E-state index contributed by atoms with van der Waals surface area (Å²) in [5.41, 5.74) is 2.41. The number of nitrogens with zero attached hydrogens (tertiary/aromatic N) is 2. The predicted octanol–water partition coefficient (Wildman–Crippen LogP) is 5.90. The van der Waals surface area contributed by atoms with Gasteiger partial charge in [-0.3, -0.25) is 9.48 Å². The van der Waals surface area contributed by atoms with E-state index in [-0.39, 0.29) is 5.41 Å². The Morgan fingerprint density at radius 2 is 2.00 bits per heavy atom. The van der Waals surface area contributed by atoms with Gasteiger partial charge in [-0.2, -0.15) is 5.10 Å². The molecule has 0 amide bonds. The van der Waals surface area contributed by atoms with Crippen LogP contribution in [0.15, 0.2) is 17.8 Å². The van der Waals surface area contributed by atoms with E-state index in [0.717, 1.165) is 48.4 Å². The summed E-state index contributed by atoms with van der Waals surface area (Å²) in [4.78, 5) is 13.5. The molecule has 1 aromatic rings. The minimum atomic E-state index is -0.127. The van der Waals surface area contributed by atoms with Crippen molar-refractivity contribution in [3.05, 3.63) is 23.5 Å². The lowest BCUT2D eigenvalue weighted by Gasteiger charge is -2.59. The van der Waals surface area contributed by atoms with Crippen molar-refractivity contribution < 1.29 is 4.79 Å². The molecule has 28 heavy (non-hydrogen) atoms. The minimum Gasteiger partial charge on any atom is -0.294 e. The second-order valence-corrected chi connectivity index (χ2v) is 10.7. The van der Waals surface area contributed by atoms with Gasteiger partial charge in [0.25, 0.3) is 0 Å². The van der Waals surface area contributed by atoms with E-state index in [1.54, 1.807) is 0 Å². The van der Waals surface area contributed by atoms with Crippen LogP contribution in [-0.2, 0) is 11.3 Å². The van der Waals surface area contributed by atoms with E-state index in [9.17, 15) is 4.79 Å². The molecule has 0 spiro atoms. The molecule has 6 atom stereocenters. The van der Waals surface area contributed by atoms with Gasteiger partial charge in [0.15, 0.2) is 5.78 Å². The maximum atomic E-state index is 13.5. The van der Waals surface area contributed by atoms with Crippen LogP contribution in [0, 0.1) is 34.5 Å². The minimum absolute atomic E-state index is 0.127. The first kappa shape index (κ1) is 18.6. The number of hydrogen-bond acceptors (Lipinski definition) is 2. The molecule has 0 unspecified atom stereocenters. The van der Waals surface area contributed by atoms with Crippen molar-refractivity contribution in [2.45, 2.75) is 85.1 Å². The molecule has 4 fully saturated rings. The molecule has 0 saturated heterocycles. The van der Waals surface area contributed by atoms with Crippen LogP contribution in [0.3, 0.4) is 0 Å². The quantitative estimate of drug-likeness (QED) is 0.599. The first-order valence-electron chi connectivity index (χ1n) is 11.7. The smallest absolute Gasteiger partial charge is 0.165 e. The monoisotopic (exact) mass is 380 g/mol. The molecular weight excluding hydrogens is 344 g/mol. The molecule has 1 aromatic heterocycles. The molecule has 4 saturated carbocycles. The number of hydrogen-bond donors (Lipinski definition) is 0. The molecule has 4 aliphatic rings. The van der Waals surface area contributed by atoms with Crippen molar-refractivity contribution in [2.75, 3.05) is 0 Å². The highest BCUT2D eigenvalue weighted by Gasteiger charge is 2.60. The standard InChI is InChI=1S/C25H36N2O/c1-4-27-14-11-19(26-27)15-17-16-22-20-9-8-18-7-5-6-12-24(18,2)21(20)10-13-25(22,3)23(17)28/h11,14-15,18,20-22H,4-10,12-13,16H2,1-3H3/b17-15+/t18-,20+,21-,22-,24+,25+/m1/s1. The zero-order chi connectivity index (χ0) is 19.5. The van der Waals surface area contributed by atoms with Crippen molar-refractivity contribution >= 4 is 11.9 Å². The molecule has 0 aromatic carbocycles. The summed E-state index contributed by atoms with van der Waals surface area (Å²) < 4.78 is 1.95. The summed E-state index contributed by atoms with van der Waals surface area (Å²) in [5.74, 6) is 3.52. The Morgan fingerprint density at radius 1 is 1.14 bits per heavy atom. The summed E-state index contributed by atoms with van der Waals surface area (Å²) >= 11 is 0. The number of aryl methyl sites for hydroxylation is 1. The van der Waals surface area contributed by atoms with Crippen molar-refractivity contribution in [1.29, 1.82) is 0 Å². The molecule has 0 N–H and O–H groups in total. The Kier molecular flexibility index (Phi) is 4.37. The molecule has 3 heteroatoms. The van der Waals surface area contributed by atoms with E-state index in [4.69, 9.17) is 0 Å². The van der Waals surface area contributed by atoms with Gasteiger partial charge in [-0.15, -0.1) is 0 Å². The summed E-state index contributed by atoms with van der Waals surface area (Å²) in [6.45, 7) is 7.88. The van der Waals surface area contributed by atoms with Crippen LogP contribution in [0.5, 0.6) is 0 Å². The molecular formula is C25H36N2O. The van der Waals surface area contributed by atoms with E-state index in [2.05, 4.69) is 31.9 Å². The van der Waals surface area contributed by atoms with Crippen LogP contribution >= 0.6 is 0 Å². The Balaban J connectivity index is 1.45. The number of rotatable bonds is 2. The topological polar surface area (TPSA) is 34.9 Å². The van der Waals surface area contributed by atoms with Gasteiger partial charge in [-0.25, -0.2) is 0 Å². The first-order chi connectivity index (χ1) is 13.5. The van der Waals surface area contributed by atoms with Gasteiger partial charge < -0.3 is 0 Å². The number of carbonyl (C=O) groups excluding carboxylic acids is 1. The van der Waals surface area contributed by atoms with Crippen LogP contribution in [0.25, 0.3) is 6.08 Å². The highest BCUT2D eigenvalue weighted by atomic mass is 16.1. The maximum absolute atomic E-state index is 13.5. The molecule has 0 bridgehead atoms. The second kappa shape index (κ2) is 6.57. The highest BCUT2D eigenvalue weighted by molar-refractivity contribution is 6.05. The van der Waals surface area contributed by atoms with E-state index < -0.39 is 0 Å². The molecule has 0 radical (unpaired) electrons. The average Bonchev–Trinajstić information content (AvgIpc) is 3.25. The molecule has 152 valence electrons. The fourth-order valence-corrected chi connectivity index (χ4v) is 7.90. The van der Waals surface area contributed by atoms with Crippen LogP contribution in [0.1, 0.15) is 84.3 Å². The Bertz CT molecular complexity index is 807. The summed E-state index contributed by atoms with van der Waals surface area (Å²) in [7, 11) is 0. The highest BCUT2D eigenvalue weighted by Crippen LogP contribution is 2.66. The van der Waals surface area contributed by atoms with E-state index in [0.29, 0.717) is 17.1 Å². The summed E-state index contributed by atoms with van der Waals surface area (Å²) in [5, 5.41) is 4.60. The third kappa shape index (κ3) is 2.60. The van der Waals surface area contributed by atoms with E-state index in [1.807, 2.05) is 16.9 Å². The van der Waals surface area contributed by atoms with Crippen LogP contribution in [-0.4, -0.2) is 15.6 Å². The van der Waals surface area contributed by atoms with Gasteiger partial charge in [-0.1, -0.05) is 26.7 Å². The molecule has 1 heterocycles. The van der Waals surface area contributed by atoms with Crippen LogP contribution in [0.4, 0.5) is 0 Å². The molecule has 5 rings (SSSR count). The first-order valence-corrected chi connectivity index (χ1v) is 11.7. The van der Waals surface area contributed by atoms with Crippen molar-refractivity contribution in [3.63, 3.8) is 0 Å². The van der Waals surface area contributed by atoms with Gasteiger partial charge in [0, 0.05) is 18.2 Å². The number of Topliss-reactive ketones (excluding diaryl/α,β-unsaturated/α-hetero) is 1. The second-order valence-electron chi connectivity index (χ2n) is 10.7. The average molecular weight is 381 g/mol. The van der Waals surface area contributed by atoms with Gasteiger partial charge in [-0.05, 0) is 98.7 Å². The Hall–Kier alpha value is -1.38. The largest absolute Gasteiger partial charge is 0.294 e. The van der Waals surface area contributed by atoms with Gasteiger partial charge in [0.05, 0.1) is 5.69 Å². The third-order valence-electron chi connectivity index (χ3n) is 9.53. The number of ketones is 1. The van der Waals surface area contributed by atoms with Gasteiger partial charge in [0.2, 0.25) is 0 Å². The van der Waals surface area contributed by atoms with Gasteiger partial charge in [0.1, 0.15) is 0 Å². The van der Waals surface area contributed by atoms with Crippen molar-refractivity contribution in [2.24, 2.45) is 34.5 Å². The van der Waals surface area contributed by atoms with E-state index >= 15 is 0 Å². The number of carbonyl (C=O) groups is 1. The zero-order valence-corrected chi connectivity index (χ0v) is 17.9. The Morgan fingerprint density at radius 3 is 2.79 bits per heavy atom. The third-order valence-corrected chi connectivity index (χ3v) is 9.53. The lowest BCUT2D eigenvalue weighted by Crippen LogP contribution is -2.52. The summed E-state index contributed by atoms with van der Waals surface area (Å²) in [6, 6.07) is 2.05. The normalized spacial score (nSPS) is 44.2. The predicted molar refractivity (Wildman–Crippen MR) is 113 cm³/mol. The number of aromatic nitrogens is 2. The molecule has 3 nitrogen and oxygen atoms in total. The van der Waals surface area contributed by atoms with Crippen LogP contribution < -0.4 is 0 Å². The van der Waals surface area contributed by atoms with Crippen molar-refractivity contribution in [1.82, 2.24) is 9.78 Å². The number of allylic oxidation sites excluding steroid dienone is 1. The summed E-state index contributed by atoms with van der Waals surface area (Å²) in [6.07, 6.45) is 16.0. The lowest BCUT2D eigenvalue weighted by molar-refractivity contribution is -0.137. The molecule has 4 aliphatic carbocycles. The number of fused-ring (bicyclic) bond motifs is 5. The van der Waals surface area contributed by atoms with Crippen molar-refractivity contribution in [3.8, 4) is 0 Å². The van der Waals surface area contributed by atoms with Crippen LogP contribution in [0.2, 0.25) is 0 Å². The fourth-order valence-electron chi connectivity index (χ4n) is 7.90. The fraction of sp³-hybridized carbons (Fsp3) is 0.760. The Labute approximate surface area is 170 Å². The maximum Gasteiger partial charge on any atom is 0.165 e.